The van der Waals surface area contributed by atoms with Gasteiger partial charge in [0.2, 0.25) is 11.9 Å². The van der Waals surface area contributed by atoms with Crippen molar-refractivity contribution in [2.75, 3.05) is 5.32 Å². The molecule has 0 spiro atoms. The van der Waals surface area contributed by atoms with Gasteiger partial charge < -0.3 is 0 Å². The molecule has 3 rings (SSSR count). The molecule has 1 fully saturated rings. The van der Waals surface area contributed by atoms with Crippen molar-refractivity contribution in [2.45, 2.75) is 25.3 Å². The molecule has 0 atom stereocenters. The molecular weight excluding hydrogens is 240 g/mol. The van der Waals surface area contributed by atoms with Gasteiger partial charge in [-0.3, -0.25) is 10.1 Å². The number of nitrogens with one attached hydrogen (secondary N) is 1. The number of anilines is 1. The highest BCUT2D eigenvalue weighted by Crippen LogP contribution is 2.35. The smallest absolute Gasteiger partial charge is 0.249 e. The fourth-order valence-electron chi connectivity index (χ4n) is 1.50. The number of rotatable bonds is 4. The molecule has 1 N–H and O–H groups in total. The van der Waals surface area contributed by atoms with Gasteiger partial charge in [-0.15, -0.1) is 11.3 Å². The summed E-state index contributed by atoms with van der Waals surface area (Å²) in [7, 11) is 0. The first-order chi connectivity index (χ1) is 8.33. The second-order valence-corrected chi connectivity index (χ2v) is 4.60. The van der Waals surface area contributed by atoms with Gasteiger partial charge in [0.25, 0.3) is 0 Å². The van der Waals surface area contributed by atoms with Crippen LogP contribution in [0.2, 0.25) is 0 Å². The first-order valence-electron chi connectivity index (χ1n) is 5.28. The van der Waals surface area contributed by atoms with Crippen molar-refractivity contribution in [1.29, 1.82) is 0 Å². The second-order valence-electron chi connectivity index (χ2n) is 3.88. The van der Waals surface area contributed by atoms with E-state index in [0.29, 0.717) is 12.0 Å². The lowest BCUT2D eigenvalue weighted by Crippen LogP contribution is -2.18. The molecule has 7 nitrogen and oxygen atoms in total. The van der Waals surface area contributed by atoms with Crippen molar-refractivity contribution in [2.24, 2.45) is 0 Å². The van der Waals surface area contributed by atoms with Crippen LogP contribution in [0.25, 0.3) is 0 Å². The minimum Gasteiger partial charge on any atom is -0.293 e. The Hall–Kier alpha value is -1.83. The molecule has 1 aliphatic rings. The van der Waals surface area contributed by atoms with E-state index in [1.807, 2.05) is 5.38 Å². The summed E-state index contributed by atoms with van der Waals surface area (Å²) < 4.78 is 1.67. The average Bonchev–Trinajstić information content (AvgIpc) is 2.84. The zero-order chi connectivity index (χ0) is 11.7. The van der Waals surface area contributed by atoms with Gasteiger partial charge in [-0.1, -0.05) is 5.10 Å². The predicted molar refractivity (Wildman–Crippen MR) is 60.5 cm³/mol. The summed E-state index contributed by atoms with van der Waals surface area (Å²) in [5, 5.41) is 15.8. The largest absolute Gasteiger partial charge is 0.293 e. The van der Waals surface area contributed by atoms with Crippen LogP contribution in [-0.4, -0.2) is 31.1 Å². The Balaban J connectivity index is 1.65. The molecule has 88 valence electrons. The number of aromatic nitrogens is 5. The van der Waals surface area contributed by atoms with Crippen LogP contribution in [0.5, 0.6) is 0 Å². The fraction of sp³-hybridized carbons (Fsp3) is 0.444. The van der Waals surface area contributed by atoms with Crippen molar-refractivity contribution in [3.63, 3.8) is 0 Å². The second kappa shape index (κ2) is 4.21. The third kappa shape index (κ3) is 2.31. The number of nitrogens with zero attached hydrogens (tertiary/aromatic N) is 5. The molecule has 2 aromatic heterocycles. The Morgan fingerprint density at radius 3 is 3.18 bits per heavy atom. The van der Waals surface area contributed by atoms with Gasteiger partial charge in [0, 0.05) is 5.38 Å². The van der Waals surface area contributed by atoms with Crippen molar-refractivity contribution in [3.05, 3.63) is 16.6 Å². The van der Waals surface area contributed by atoms with Crippen molar-refractivity contribution >= 4 is 23.2 Å². The maximum atomic E-state index is 11.7. The van der Waals surface area contributed by atoms with Crippen LogP contribution >= 0.6 is 11.3 Å². The molecule has 17 heavy (non-hydrogen) atoms. The van der Waals surface area contributed by atoms with Gasteiger partial charge in [0.05, 0.1) is 23.7 Å². The summed E-state index contributed by atoms with van der Waals surface area (Å²) in [6, 6.07) is 0.347. The molecule has 0 aliphatic heterocycles. The number of carbonyl (C=O) groups is 1. The summed E-state index contributed by atoms with van der Waals surface area (Å²) in [4.78, 5) is 15.8. The molecule has 2 aromatic rings. The Kier molecular flexibility index (Phi) is 2.56. The highest BCUT2D eigenvalue weighted by Gasteiger charge is 2.28. The monoisotopic (exact) mass is 250 g/mol. The van der Waals surface area contributed by atoms with Crippen molar-refractivity contribution in [3.8, 4) is 0 Å². The zero-order valence-electron chi connectivity index (χ0n) is 8.91. The molecule has 1 saturated carbocycles. The van der Waals surface area contributed by atoms with E-state index in [4.69, 9.17) is 0 Å². The molecule has 0 bridgehead atoms. The molecule has 1 aliphatic carbocycles. The summed E-state index contributed by atoms with van der Waals surface area (Å²) in [5.41, 5.74) is 2.47. The minimum atomic E-state index is -0.146. The fourth-order valence-corrected chi connectivity index (χ4v) is 2.06. The van der Waals surface area contributed by atoms with Gasteiger partial charge in [0.1, 0.15) is 0 Å². The molecule has 2 heterocycles. The van der Waals surface area contributed by atoms with E-state index < -0.39 is 0 Å². The van der Waals surface area contributed by atoms with Crippen molar-refractivity contribution < 1.29 is 4.79 Å². The van der Waals surface area contributed by atoms with Crippen LogP contribution in [0.3, 0.4) is 0 Å². The van der Waals surface area contributed by atoms with E-state index in [2.05, 4.69) is 25.8 Å². The van der Waals surface area contributed by atoms with E-state index in [0.717, 1.165) is 18.5 Å². The number of carbonyl (C=O) groups excluding carboxylic acids is 1. The number of hydrogen-bond donors (Lipinski definition) is 1. The van der Waals surface area contributed by atoms with E-state index in [9.17, 15) is 4.79 Å². The third-order valence-corrected chi connectivity index (χ3v) is 3.10. The summed E-state index contributed by atoms with van der Waals surface area (Å²) >= 11 is 1.47. The number of amides is 1. The average molecular weight is 250 g/mol. The molecule has 0 unspecified atom stereocenters. The summed E-state index contributed by atoms with van der Waals surface area (Å²) in [6.07, 6.45) is 2.39. The first-order valence-corrected chi connectivity index (χ1v) is 6.22. The lowest BCUT2D eigenvalue weighted by Gasteiger charge is -2.03. The maximum absolute atomic E-state index is 11.7. The Morgan fingerprint density at radius 2 is 2.47 bits per heavy atom. The van der Waals surface area contributed by atoms with Crippen LogP contribution < -0.4 is 5.32 Å². The van der Waals surface area contributed by atoms with Crippen LogP contribution in [0.4, 0.5) is 5.95 Å². The zero-order valence-corrected chi connectivity index (χ0v) is 9.72. The van der Waals surface area contributed by atoms with Crippen LogP contribution in [0.15, 0.2) is 10.9 Å². The first kappa shape index (κ1) is 10.3. The van der Waals surface area contributed by atoms with Gasteiger partial charge in [-0.25, -0.2) is 9.67 Å². The predicted octanol–water partition coefficient (Wildman–Crippen LogP) is 0.646. The number of hydrogen-bond acceptors (Lipinski definition) is 6. The van der Waals surface area contributed by atoms with Crippen molar-refractivity contribution in [1.82, 2.24) is 25.2 Å². The SMILES string of the molecule is O=C(Cc1cscn1)Nc1nnnn1C1CC1. The Morgan fingerprint density at radius 1 is 1.59 bits per heavy atom. The standard InChI is InChI=1S/C9H10N6OS/c16-8(3-6-4-17-5-10-6)11-9-12-13-14-15(9)7-1-2-7/h4-5,7H,1-3H2,(H,11,12,14,16). The quantitative estimate of drug-likeness (QED) is 0.860. The third-order valence-electron chi connectivity index (χ3n) is 2.46. The summed E-state index contributed by atoms with van der Waals surface area (Å²) in [5.74, 6) is 0.278. The Bertz CT molecular complexity index is 517. The highest BCUT2D eigenvalue weighted by molar-refractivity contribution is 7.07. The number of tetrazole rings is 1. The molecule has 0 aromatic carbocycles. The molecule has 1 amide bonds. The van der Waals surface area contributed by atoms with Crippen LogP contribution in [0.1, 0.15) is 24.6 Å². The van der Waals surface area contributed by atoms with E-state index >= 15 is 0 Å². The topological polar surface area (TPSA) is 85.6 Å². The lowest BCUT2D eigenvalue weighted by atomic mass is 10.3. The lowest BCUT2D eigenvalue weighted by molar-refractivity contribution is -0.115. The molecule has 8 heteroatoms. The normalized spacial score (nSPS) is 14.8. The summed E-state index contributed by atoms with van der Waals surface area (Å²) in [6.45, 7) is 0. The molecule has 0 saturated heterocycles. The van der Waals surface area contributed by atoms with E-state index in [1.165, 1.54) is 11.3 Å². The molecular formula is C9H10N6OS. The number of thiazole rings is 1. The van der Waals surface area contributed by atoms with Crippen LogP contribution in [0, 0.1) is 0 Å². The van der Waals surface area contributed by atoms with Gasteiger partial charge in [-0.2, -0.15) is 0 Å². The van der Waals surface area contributed by atoms with E-state index in [1.54, 1.807) is 10.2 Å². The van der Waals surface area contributed by atoms with Crippen LogP contribution in [-0.2, 0) is 11.2 Å². The highest BCUT2D eigenvalue weighted by atomic mass is 32.1. The molecule has 0 radical (unpaired) electrons. The van der Waals surface area contributed by atoms with E-state index in [-0.39, 0.29) is 12.3 Å². The Labute approximate surface area is 101 Å². The van der Waals surface area contributed by atoms with Gasteiger partial charge in [-0.05, 0) is 23.3 Å². The van der Waals surface area contributed by atoms with Gasteiger partial charge >= 0.3 is 0 Å². The minimum absolute atomic E-state index is 0.146. The van der Waals surface area contributed by atoms with Gasteiger partial charge in [0.15, 0.2) is 0 Å². The maximum Gasteiger partial charge on any atom is 0.249 e.